The minimum atomic E-state index is -0.528. The van der Waals surface area contributed by atoms with E-state index in [1.807, 2.05) is 25.1 Å². The smallest absolute Gasteiger partial charge is 0.144 e. The molecule has 20 heavy (non-hydrogen) atoms. The van der Waals surface area contributed by atoms with Gasteiger partial charge in [0.05, 0.1) is 12.2 Å². The molecule has 1 unspecified atom stereocenters. The van der Waals surface area contributed by atoms with E-state index in [-0.39, 0.29) is 5.56 Å². The lowest BCUT2D eigenvalue weighted by molar-refractivity contribution is 0.204. The molecule has 0 radical (unpaired) electrons. The molecule has 2 nitrogen and oxygen atoms in total. The summed E-state index contributed by atoms with van der Waals surface area (Å²) in [6.45, 7) is 3.93. The lowest BCUT2D eigenvalue weighted by Gasteiger charge is -2.29. The second-order valence-electron chi connectivity index (χ2n) is 5.06. The number of halogens is 2. The van der Waals surface area contributed by atoms with E-state index in [1.54, 1.807) is 6.92 Å². The van der Waals surface area contributed by atoms with Crippen molar-refractivity contribution in [2.45, 2.75) is 20.0 Å². The summed E-state index contributed by atoms with van der Waals surface area (Å²) < 4.78 is 33.4. The Kier molecular flexibility index (Phi) is 3.08. The maximum atomic E-state index is 14.0. The Morgan fingerprint density at radius 3 is 2.70 bits per heavy atom. The minimum absolute atomic E-state index is 0.243. The summed E-state index contributed by atoms with van der Waals surface area (Å²) in [6, 6.07) is 8.10. The Balaban J connectivity index is 1.96. The Labute approximate surface area is 116 Å². The van der Waals surface area contributed by atoms with Gasteiger partial charge in [-0.1, -0.05) is 12.1 Å². The van der Waals surface area contributed by atoms with Crippen LogP contribution in [0.25, 0.3) is 0 Å². The third-order valence-electron chi connectivity index (χ3n) is 3.59. The van der Waals surface area contributed by atoms with Gasteiger partial charge in [-0.05, 0) is 43.2 Å². The Hall–Kier alpha value is -2.10. The first-order chi connectivity index (χ1) is 9.56. The van der Waals surface area contributed by atoms with Crippen LogP contribution in [0.15, 0.2) is 30.3 Å². The van der Waals surface area contributed by atoms with Crippen molar-refractivity contribution in [3.05, 3.63) is 58.7 Å². The molecular weight excluding hydrogens is 260 g/mol. The summed E-state index contributed by atoms with van der Waals surface area (Å²) in [7, 11) is 0. The molecule has 0 amide bonds. The molecule has 1 N–H and O–H groups in total. The molecular formula is C16H15F2NO. The van der Waals surface area contributed by atoms with E-state index in [2.05, 4.69) is 5.32 Å². The number of benzene rings is 2. The third-order valence-corrected chi connectivity index (χ3v) is 3.59. The molecule has 0 aliphatic carbocycles. The molecule has 1 heterocycles. The first-order valence-corrected chi connectivity index (χ1v) is 6.52. The normalized spacial score (nSPS) is 17.1. The monoisotopic (exact) mass is 275 g/mol. The van der Waals surface area contributed by atoms with Crippen molar-refractivity contribution in [3.63, 3.8) is 0 Å². The summed E-state index contributed by atoms with van der Waals surface area (Å²) in [4.78, 5) is 0. The van der Waals surface area contributed by atoms with Gasteiger partial charge in [0.2, 0.25) is 0 Å². The van der Waals surface area contributed by atoms with Crippen LogP contribution in [0.2, 0.25) is 0 Å². The summed E-state index contributed by atoms with van der Waals surface area (Å²) in [5.74, 6) is -0.187. The van der Waals surface area contributed by atoms with Crippen LogP contribution in [0.1, 0.15) is 22.8 Å². The van der Waals surface area contributed by atoms with Gasteiger partial charge in [0.1, 0.15) is 23.5 Å². The van der Waals surface area contributed by atoms with Gasteiger partial charge in [0.15, 0.2) is 0 Å². The molecule has 4 heteroatoms. The van der Waals surface area contributed by atoms with Crippen molar-refractivity contribution in [2.24, 2.45) is 0 Å². The maximum absolute atomic E-state index is 14.0. The Bertz CT molecular complexity index is 670. The number of para-hydroxylation sites is 1. The molecule has 0 aromatic heterocycles. The number of rotatable bonds is 1. The summed E-state index contributed by atoms with van der Waals surface area (Å²) in [5, 5.41) is 3.23. The number of hydrogen-bond donors (Lipinski definition) is 1. The number of anilines is 1. The molecule has 1 aliphatic rings. The van der Waals surface area contributed by atoms with Crippen LogP contribution in [-0.4, -0.2) is 6.54 Å². The highest BCUT2D eigenvalue weighted by molar-refractivity contribution is 5.63. The minimum Gasteiger partial charge on any atom is -0.482 e. The van der Waals surface area contributed by atoms with Crippen LogP contribution < -0.4 is 10.1 Å². The van der Waals surface area contributed by atoms with Crippen molar-refractivity contribution in [2.75, 3.05) is 11.9 Å². The summed E-state index contributed by atoms with van der Waals surface area (Å²) >= 11 is 0. The molecule has 0 spiro atoms. The van der Waals surface area contributed by atoms with Gasteiger partial charge in [-0.2, -0.15) is 0 Å². The van der Waals surface area contributed by atoms with Gasteiger partial charge in [-0.25, -0.2) is 8.78 Å². The van der Waals surface area contributed by atoms with Gasteiger partial charge in [0, 0.05) is 5.56 Å². The van der Waals surface area contributed by atoms with E-state index in [9.17, 15) is 8.78 Å². The van der Waals surface area contributed by atoms with E-state index in [1.165, 1.54) is 12.1 Å². The van der Waals surface area contributed by atoms with Gasteiger partial charge < -0.3 is 10.1 Å². The fourth-order valence-corrected chi connectivity index (χ4v) is 2.44. The number of nitrogens with one attached hydrogen (secondary N) is 1. The highest BCUT2D eigenvalue weighted by atomic mass is 19.1. The van der Waals surface area contributed by atoms with Gasteiger partial charge in [-0.3, -0.25) is 0 Å². The number of fused-ring (bicyclic) bond motifs is 1. The highest BCUT2D eigenvalue weighted by Gasteiger charge is 2.25. The van der Waals surface area contributed by atoms with Crippen molar-refractivity contribution in [3.8, 4) is 5.75 Å². The van der Waals surface area contributed by atoms with Crippen LogP contribution in [0, 0.1) is 25.5 Å². The molecule has 104 valence electrons. The lowest BCUT2D eigenvalue weighted by atomic mass is 10.0. The molecule has 0 saturated carbocycles. The first-order valence-electron chi connectivity index (χ1n) is 6.52. The number of aryl methyl sites for hydroxylation is 2. The zero-order valence-corrected chi connectivity index (χ0v) is 11.3. The van der Waals surface area contributed by atoms with Crippen molar-refractivity contribution < 1.29 is 13.5 Å². The average molecular weight is 275 g/mol. The van der Waals surface area contributed by atoms with Gasteiger partial charge in [-0.15, -0.1) is 0 Å². The largest absolute Gasteiger partial charge is 0.482 e. The maximum Gasteiger partial charge on any atom is 0.144 e. The fraction of sp³-hybridized carbons (Fsp3) is 0.250. The topological polar surface area (TPSA) is 21.3 Å². The van der Waals surface area contributed by atoms with E-state index in [0.29, 0.717) is 17.9 Å². The first kappa shape index (κ1) is 12.9. The molecule has 0 fully saturated rings. The van der Waals surface area contributed by atoms with Gasteiger partial charge in [0.25, 0.3) is 0 Å². The molecule has 3 rings (SSSR count). The third kappa shape index (κ3) is 2.11. The molecule has 1 aliphatic heterocycles. The fourth-order valence-electron chi connectivity index (χ4n) is 2.44. The van der Waals surface area contributed by atoms with Crippen molar-refractivity contribution in [1.82, 2.24) is 0 Å². The molecule has 1 atom stereocenters. The standard InChI is InChI=1S/C16H15F2NO/c1-9-4-3-5-14-16(9)19-8-15(20-14)11-7-12(17)10(2)6-13(11)18/h3-7,15,19H,8H2,1-2H3. The molecule has 0 saturated heterocycles. The van der Waals surface area contributed by atoms with E-state index < -0.39 is 17.7 Å². The predicted octanol–water partition coefficient (Wildman–Crippen LogP) is 4.13. The second kappa shape index (κ2) is 4.78. The van der Waals surface area contributed by atoms with E-state index >= 15 is 0 Å². The number of ether oxygens (including phenoxy) is 1. The SMILES string of the molecule is Cc1cc(F)c(C2CNc3c(C)cccc3O2)cc1F. The second-order valence-corrected chi connectivity index (χ2v) is 5.06. The average Bonchev–Trinajstić information content (AvgIpc) is 2.43. The van der Waals surface area contributed by atoms with Crippen molar-refractivity contribution >= 4 is 5.69 Å². The van der Waals surface area contributed by atoms with Crippen LogP contribution in [0.3, 0.4) is 0 Å². The zero-order valence-electron chi connectivity index (χ0n) is 11.3. The molecule has 2 aromatic carbocycles. The summed E-state index contributed by atoms with van der Waals surface area (Å²) in [6.07, 6.45) is -0.528. The molecule has 2 aromatic rings. The van der Waals surface area contributed by atoms with Crippen LogP contribution >= 0.6 is 0 Å². The molecule has 0 bridgehead atoms. The summed E-state index contributed by atoms with van der Waals surface area (Å²) in [5.41, 5.74) is 2.52. The van der Waals surface area contributed by atoms with Crippen LogP contribution in [0.4, 0.5) is 14.5 Å². The Morgan fingerprint density at radius 1 is 1.10 bits per heavy atom. The predicted molar refractivity (Wildman–Crippen MR) is 74.1 cm³/mol. The lowest BCUT2D eigenvalue weighted by Crippen LogP contribution is -2.25. The highest BCUT2D eigenvalue weighted by Crippen LogP contribution is 2.37. The quantitative estimate of drug-likeness (QED) is 0.845. The Morgan fingerprint density at radius 2 is 1.90 bits per heavy atom. The van der Waals surface area contributed by atoms with Crippen LogP contribution in [0.5, 0.6) is 5.75 Å². The number of hydrogen-bond acceptors (Lipinski definition) is 2. The van der Waals surface area contributed by atoms with E-state index in [4.69, 9.17) is 4.74 Å². The zero-order chi connectivity index (χ0) is 14.3. The van der Waals surface area contributed by atoms with Gasteiger partial charge >= 0.3 is 0 Å². The van der Waals surface area contributed by atoms with E-state index in [0.717, 1.165) is 11.3 Å². The van der Waals surface area contributed by atoms with Crippen molar-refractivity contribution in [1.29, 1.82) is 0 Å². The van der Waals surface area contributed by atoms with Crippen LogP contribution in [-0.2, 0) is 0 Å².